The van der Waals surface area contributed by atoms with Crippen molar-refractivity contribution < 1.29 is 4.74 Å². The lowest BCUT2D eigenvalue weighted by Crippen LogP contribution is -2.59. The maximum absolute atomic E-state index is 6.08. The number of ether oxygens (including phenoxy) is 1. The summed E-state index contributed by atoms with van der Waals surface area (Å²) in [6.45, 7) is 0.566. The van der Waals surface area contributed by atoms with Gasteiger partial charge in [0.05, 0.1) is 6.61 Å². The molecule has 0 unspecified atom stereocenters. The van der Waals surface area contributed by atoms with Gasteiger partial charge < -0.3 is 4.74 Å². The van der Waals surface area contributed by atoms with Gasteiger partial charge in [0.25, 0.3) is 0 Å². The molecule has 1 fully saturated rings. The molecule has 1 heterocycles. The fourth-order valence-electron chi connectivity index (χ4n) is 3.20. The molecule has 0 spiro atoms. The van der Waals surface area contributed by atoms with E-state index in [0.717, 1.165) is 6.42 Å². The van der Waals surface area contributed by atoms with Crippen molar-refractivity contribution in [2.24, 2.45) is 11.5 Å². The Labute approximate surface area is 119 Å². The lowest BCUT2D eigenvalue weighted by atomic mass is 9.68. The summed E-state index contributed by atoms with van der Waals surface area (Å²) in [5.41, 5.74) is 14.5. The number of nitrogens with two attached hydrogens (primary N) is 2. The zero-order valence-electron chi connectivity index (χ0n) is 11.5. The Morgan fingerprint density at radius 1 is 0.800 bits per heavy atom. The van der Waals surface area contributed by atoms with Crippen LogP contribution in [0.15, 0.2) is 60.7 Å². The topological polar surface area (TPSA) is 61.3 Å². The van der Waals surface area contributed by atoms with Gasteiger partial charge in [-0.15, -0.1) is 0 Å². The molecule has 4 N–H and O–H groups in total. The molecule has 104 valence electrons. The molecule has 0 aromatic heterocycles. The van der Waals surface area contributed by atoms with Crippen LogP contribution in [0.5, 0.6) is 0 Å². The van der Waals surface area contributed by atoms with Crippen LogP contribution in [0.2, 0.25) is 0 Å². The van der Waals surface area contributed by atoms with Crippen molar-refractivity contribution in [3.8, 4) is 0 Å². The average molecular weight is 268 g/mol. The minimum absolute atomic E-state index is 0.176. The molecule has 2 aromatic carbocycles. The largest absolute Gasteiger partial charge is 0.348 e. The Morgan fingerprint density at radius 2 is 1.30 bits per heavy atom. The fraction of sp³-hybridized carbons (Fsp3) is 0.294. The van der Waals surface area contributed by atoms with E-state index in [0.29, 0.717) is 13.0 Å². The molecular formula is C17H20N2O. The van der Waals surface area contributed by atoms with E-state index < -0.39 is 5.85 Å². The summed E-state index contributed by atoms with van der Waals surface area (Å²) >= 11 is 0. The quantitative estimate of drug-likeness (QED) is 0.822. The molecule has 0 bridgehead atoms. The number of rotatable bonds is 2. The smallest absolute Gasteiger partial charge is 0.170 e. The summed E-state index contributed by atoms with van der Waals surface area (Å²) in [5.74, 6) is -1.08. The monoisotopic (exact) mass is 268 g/mol. The van der Waals surface area contributed by atoms with Crippen molar-refractivity contribution in [2.75, 3.05) is 6.61 Å². The Bertz CT molecular complexity index is 527. The van der Waals surface area contributed by atoms with E-state index in [4.69, 9.17) is 16.2 Å². The molecule has 20 heavy (non-hydrogen) atoms. The summed E-state index contributed by atoms with van der Waals surface area (Å²) < 4.78 is 5.52. The standard InChI is InChI=1S/C17H20N2O/c18-17(19)13-16(11-12-20-17,14-7-3-1-4-8-14)15-9-5-2-6-10-15/h1-10H,11-13,18-19H2. The van der Waals surface area contributed by atoms with Gasteiger partial charge in [0, 0.05) is 11.8 Å². The van der Waals surface area contributed by atoms with E-state index in [9.17, 15) is 0 Å². The number of benzene rings is 2. The lowest BCUT2D eigenvalue weighted by Gasteiger charge is -2.45. The van der Waals surface area contributed by atoms with E-state index in [1.165, 1.54) is 11.1 Å². The van der Waals surface area contributed by atoms with Crippen molar-refractivity contribution in [1.82, 2.24) is 0 Å². The van der Waals surface area contributed by atoms with E-state index in [1.54, 1.807) is 0 Å². The molecule has 0 saturated carbocycles. The maximum atomic E-state index is 6.08. The van der Waals surface area contributed by atoms with Crippen LogP contribution < -0.4 is 11.5 Å². The van der Waals surface area contributed by atoms with Crippen molar-refractivity contribution in [1.29, 1.82) is 0 Å². The van der Waals surface area contributed by atoms with Gasteiger partial charge in [-0.2, -0.15) is 0 Å². The molecule has 0 aliphatic carbocycles. The Morgan fingerprint density at radius 3 is 1.75 bits per heavy atom. The summed E-state index contributed by atoms with van der Waals surface area (Å²) in [6.07, 6.45) is 1.46. The van der Waals surface area contributed by atoms with Crippen molar-refractivity contribution >= 4 is 0 Å². The molecule has 1 saturated heterocycles. The lowest BCUT2D eigenvalue weighted by molar-refractivity contribution is -0.0915. The van der Waals surface area contributed by atoms with Gasteiger partial charge >= 0.3 is 0 Å². The SMILES string of the molecule is NC1(N)CC(c2ccccc2)(c2ccccc2)CCO1. The molecule has 3 rings (SSSR count). The van der Waals surface area contributed by atoms with E-state index in [-0.39, 0.29) is 5.41 Å². The van der Waals surface area contributed by atoms with Crippen LogP contribution in [-0.2, 0) is 10.2 Å². The number of hydrogen-bond acceptors (Lipinski definition) is 3. The van der Waals surface area contributed by atoms with Crippen LogP contribution in [0.4, 0.5) is 0 Å². The molecule has 0 atom stereocenters. The Kier molecular flexibility index (Phi) is 3.34. The Hall–Kier alpha value is -1.68. The minimum atomic E-state index is -1.08. The summed E-state index contributed by atoms with van der Waals surface area (Å²) in [4.78, 5) is 0. The maximum Gasteiger partial charge on any atom is 0.170 e. The van der Waals surface area contributed by atoms with Crippen molar-refractivity contribution in [3.63, 3.8) is 0 Å². The first-order valence-corrected chi connectivity index (χ1v) is 6.95. The highest BCUT2D eigenvalue weighted by Gasteiger charge is 2.44. The van der Waals surface area contributed by atoms with Gasteiger partial charge in [-0.05, 0) is 17.5 Å². The first-order valence-electron chi connectivity index (χ1n) is 6.95. The van der Waals surface area contributed by atoms with Crippen LogP contribution in [0.25, 0.3) is 0 Å². The zero-order valence-corrected chi connectivity index (χ0v) is 11.5. The molecular weight excluding hydrogens is 248 g/mol. The van der Waals surface area contributed by atoms with Gasteiger partial charge in [0.2, 0.25) is 0 Å². The highest BCUT2D eigenvalue weighted by atomic mass is 16.5. The first kappa shape index (κ1) is 13.3. The van der Waals surface area contributed by atoms with Crippen LogP contribution in [0.1, 0.15) is 24.0 Å². The van der Waals surface area contributed by atoms with Crippen LogP contribution in [0, 0.1) is 0 Å². The molecule has 0 amide bonds. The van der Waals surface area contributed by atoms with E-state index in [1.807, 2.05) is 12.1 Å². The van der Waals surface area contributed by atoms with E-state index >= 15 is 0 Å². The zero-order chi connectivity index (χ0) is 14.1. The third kappa shape index (κ3) is 2.36. The van der Waals surface area contributed by atoms with Crippen LogP contribution in [0.3, 0.4) is 0 Å². The molecule has 1 aliphatic heterocycles. The highest BCUT2D eigenvalue weighted by molar-refractivity contribution is 5.40. The van der Waals surface area contributed by atoms with Gasteiger partial charge in [-0.3, -0.25) is 11.5 Å². The highest BCUT2D eigenvalue weighted by Crippen LogP contribution is 2.43. The number of hydrogen-bond donors (Lipinski definition) is 2. The molecule has 3 nitrogen and oxygen atoms in total. The summed E-state index contributed by atoms with van der Waals surface area (Å²) in [6, 6.07) is 20.9. The molecule has 3 heteroatoms. The second-order valence-electron chi connectivity index (χ2n) is 5.54. The molecule has 1 aliphatic rings. The van der Waals surface area contributed by atoms with Gasteiger partial charge in [0.15, 0.2) is 5.85 Å². The first-order chi connectivity index (χ1) is 9.62. The van der Waals surface area contributed by atoms with Gasteiger partial charge in [0.1, 0.15) is 0 Å². The predicted octanol–water partition coefficient (Wildman–Crippen LogP) is 2.35. The summed E-state index contributed by atoms with van der Waals surface area (Å²) in [5, 5.41) is 0. The van der Waals surface area contributed by atoms with Crippen LogP contribution in [-0.4, -0.2) is 12.5 Å². The van der Waals surface area contributed by atoms with E-state index in [2.05, 4.69) is 48.5 Å². The minimum Gasteiger partial charge on any atom is -0.348 e. The second kappa shape index (κ2) is 5.02. The molecule has 2 aromatic rings. The summed E-state index contributed by atoms with van der Waals surface area (Å²) in [7, 11) is 0. The van der Waals surface area contributed by atoms with Gasteiger partial charge in [-0.25, -0.2) is 0 Å². The average Bonchev–Trinajstić information content (AvgIpc) is 2.48. The third-order valence-corrected chi connectivity index (χ3v) is 4.13. The van der Waals surface area contributed by atoms with Crippen LogP contribution >= 0.6 is 0 Å². The second-order valence-corrected chi connectivity index (χ2v) is 5.54. The third-order valence-electron chi connectivity index (χ3n) is 4.13. The van der Waals surface area contributed by atoms with Gasteiger partial charge in [-0.1, -0.05) is 60.7 Å². The van der Waals surface area contributed by atoms with Crippen molar-refractivity contribution in [2.45, 2.75) is 24.1 Å². The Balaban J connectivity index is 2.13. The fourth-order valence-corrected chi connectivity index (χ4v) is 3.20. The molecule has 0 radical (unpaired) electrons. The predicted molar refractivity (Wildman–Crippen MR) is 80.0 cm³/mol. The normalized spacial score (nSPS) is 20.5. The van der Waals surface area contributed by atoms with Crippen molar-refractivity contribution in [3.05, 3.63) is 71.8 Å².